The monoisotopic (exact) mass is 580 g/mol. The van der Waals surface area contributed by atoms with E-state index in [1.165, 1.54) is 11.8 Å². The summed E-state index contributed by atoms with van der Waals surface area (Å²) in [7, 11) is 1.68. The smallest absolute Gasteiger partial charge is 0.396 e. The van der Waals surface area contributed by atoms with Gasteiger partial charge < -0.3 is 38.9 Å². The number of likely N-dealkylation sites (tertiary alicyclic amines) is 1. The molecule has 0 bridgehead atoms. The third kappa shape index (κ3) is 7.75. The lowest BCUT2D eigenvalue weighted by Crippen LogP contribution is -2.65. The first-order valence-electron chi connectivity index (χ1n) is 13.1. The third-order valence-electron chi connectivity index (χ3n) is 7.56. The highest BCUT2D eigenvalue weighted by Gasteiger charge is 2.48. The highest BCUT2D eigenvalue weighted by Crippen LogP contribution is 2.31. The Morgan fingerprint density at radius 3 is 2.55 bits per heavy atom. The topological polar surface area (TPSA) is 155 Å². The van der Waals surface area contributed by atoms with Gasteiger partial charge in [0.2, 0.25) is 5.91 Å². The van der Waals surface area contributed by atoms with Gasteiger partial charge in [-0.2, -0.15) is 0 Å². The van der Waals surface area contributed by atoms with E-state index >= 15 is 0 Å². The van der Waals surface area contributed by atoms with E-state index in [1.807, 2.05) is 4.90 Å². The number of amides is 1. The summed E-state index contributed by atoms with van der Waals surface area (Å²) in [6, 6.07) is -1.40. The number of ether oxygens (including phenoxy) is 2. The molecule has 11 nitrogen and oxygen atoms in total. The van der Waals surface area contributed by atoms with Crippen molar-refractivity contribution in [2.45, 2.75) is 99.8 Å². The lowest BCUT2D eigenvalue weighted by Gasteiger charge is -2.44. The molecule has 2 aliphatic rings. The normalized spacial score (nSPS) is 32.5. The van der Waals surface area contributed by atoms with Crippen LogP contribution in [0.1, 0.15) is 50.5 Å². The highest BCUT2D eigenvalue weighted by atomic mass is 35.5. The fourth-order valence-electron chi connectivity index (χ4n) is 5.30. The standard InChI is InChI=1S/C25H41ClN2O9S/c1-13(26)18(22-20(30)19(29)21(31)24(37-22)38-4)27-23(32)16-8-7-15(6-5-11-34-3)9-10-28(16)12-17-14(2)35-25(33)36-17/h13,15-16,18-22,24,29-31H,5-12H2,1-4H3,(H,27,32)/t13-,15-,16-,18+,19-,20+,21+,22+,24+/m0/s1. The molecule has 0 unspecified atom stereocenters. The number of halogens is 1. The molecule has 4 N–H and O–H groups in total. The van der Waals surface area contributed by atoms with Crippen LogP contribution in [0.3, 0.4) is 0 Å². The summed E-state index contributed by atoms with van der Waals surface area (Å²) in [6.07, 6.45) is 0.692. The van der Waals surface area contributed by atoms with Crippen molar-refractivity contribution in [3.8, 4) is 0 Å². The Balaban J connectivity index is 1.80. The van der Waals surface area contributed by atoms with Gasteiger partial charge in [-0.05, 0) is 64.7 Å². The highest BCUT2D eigenvalue weighted by molar-refractivity contribution is 7.99. The molecule has 2 fully saturated rings. The summed E-state index contributed by atoms with van der Waals surface area (Å²) >= 11 is 7.67. The molecule has 2 aliphatic heterocycles. The molecule has 0 aromatic carbocycles. The fourth-order valence-corrected chi connectivity index (χ4v) is 6.19. The maximum absolute atomic E-state index is 13.8. The molecule has 1 aromatic heterocycles. The molecule has 38 heavy (non-hydrogen) atoms. The minimum atomic E-state index is -1.45. The number of carbonyl (C=O) groups is 1. The quantitative estimate of drug-likeness (QED) is 0.220. The Morgan fingerprint density at radius 1 is 1.21 bits per heavy atom. The minimum absolute atomic E-state index is 0.226. The average Bonchev–Trinajstić information content (AvgIpc) is 3.06. The number of aliphatic hydroxyl groups is 3. The molecule has 3 heterocycles. The Kier molecular flexibility index (Phi) is 12.0. The number of thioether (sulfide) groups is 1. The van der Waals surface area contributed by atoms with Crippen LogP contribution in [-0.4, -0.2) is 100.0 Å². The molecule has 0 radical (unpaired) electrons. The number of aliphatic hydroxyl groups excluding tert-OH is 3. The summed E-state index contributed by atoms with van der Waals surface area (Å²) in [4.78, 5) is 27.4. The summed E-state index contributed by atoms with van der Waals surface area (Å²) in [6.45, 7) is 4.83. The number of nitrogens with one attached hydrogen (secondary N) is 1. The number of carbonyl (C=O) groups excluding carboxylic acids is 1. The lowest BCUT2D eigenvalue weighted by molar-refractivity contribution is -0.205. The summed E-state index contributed by atoms with van der Waals surface area (Å²) in [5.41, 5.74) is -0.789. The molecule has 9 atom stereocenters. The summed E-state index contributed by atoms with van der Waals surface area (Å²) < 4.78 is 21.3. The predicted octanol–water partition coefficient (Wildman–Crippen LogP) is 1.22. The van der Waals surface area contributed by atoms with Gasteiger partial charge in [0.1, 0.15) is 35.6 Å². The van der Waals surface area contributed by atoms with Crippen LogP contribution in [-0.2, 0) is 20.8 Å². The average molecular weight is 581 g/mol. The largest absolute Gasteiger partial charge is 0.519 e. The number of hydrogen-bond acceptors (Lipinski definition) is 11. The number of methoxy groups -OCH3 is 1. The van der Waals surface area contributed by atoms with Gasteiger partial charge in [0.25, 0.3) is 0 Å². The van der Waals surface area contributed by atoms with E-state index in [-0.39, 0.29) is 12.5 Å². The zero-order chi connectivity index (χ0) is 28.0. The van der Waals surface area contributed by atoms with E-state index in [0.717, 1.165) is 25.7 Å². The van der Waals surface area contributed by atoms with Crippen LogP contribution >= 0.6 is 23.4 Å². The molecular formula is C25H41ClN2O9S. The second kappa shape index (κ2) is 14.5. The number of aryl methyl sites for hydroxylation is 1. The maximum atomic E-state index is 13.8. The van der Waals surface area contributed by atoms with Crippen molar-refractivity contribution in [2.24, 2.45) is 5.92 Å². The Morgan fingerprint density at radius 2 is 1.95 bits per heavy atom. The van der Waals surface area contributed by atoms with E-state index in [2.05, 4.69) is 5.32 Å². The summed E-state index contributed by atoms with van der Waals surface area (Å²) in [5.74, 6) is 0.0682. The Hall–Kier alpha value is -1.12. The number of hydrogen-bond donors (Lipinski definition) is 4. The number of nitrogens with zero attached hydrogens (tertiary/aromatic N) is 1. The van der Waals surface area contributed by atoms with E-state index in [4.69, 9.17) is 29.9 Å². The van der Waals surface area contributed by atoms with E-state index in [9.17, 15) is 24.9 Å². The molecule has 0 saturated carbocycles. The van der Waals surface area contributed by atoms with Crippen LogP contribution < -0.4 is 11.1 Å². The minimum Gasteiger partial charge on any atom is -0.396 e. The molecule has 2 saturated heterocycles. The molecule has 0 aliphatic carbocycles. The van der Waals surface area contributed by atoms with Crippen molar-refractivity contribution in [3.63, 3.8) is 0 Å². The van der Waals surface area contributed by atoms with Gasteiger partial charge in [-0.25, -0.2) is 4.79 Å². The zero-order valence-corrected chi connectivity index (χ0v) is 23.9. The van der Waals surface area contributed by atoms with E-state index in [0.29, 0.717) is 37.0 Å². The van der Waals surface area contributed by atoms with Gasteiger partial charge in [-0.3, -0.25) is 9.69 Å². The Labute approximate surface area is 232 Å². The molecule has 0 spiro atoms. The first-order chi connectivity index (χ1) is 18.1. The lowest BCUT2D eigenvalue weighted by atomic mass is 9.92. The number of alkyl halides is 1. The van der Waals surface area contributed by atoms with Gasteiger partial charge in [0, 0.05) is 13.7 Å². The van der Waals surface area contributed by atoms with Crippen molar-refractivity contribution in [1.29, 1.82) is 0 Å². The number of rotatable bonds is 11. The molecule has 3 rings (SSSR count). The third-order valence-corrected chi connectivity index (χ3v) is 8.68. The molecule has 1 amide bonds. The van der Waals surface area contributed by atoms with Crippen molar-refractivity contribution in [1.82, 2.24) is 10.2 Å². The van der Waals surface area contributed by atoms with Gasteiger partial charge in [-0.1, -0.05) is 0 Å². The molecular weight excluding hydrogens is 540 g/mol. The molecule has 13 heteroatoms. The Bertz CT molecular complexity index is 942. The fraction of sp³-hybridized carbons (Fsp3) is 0.840. The van der Waals surface area contributed by atoms with Crippen LogP contribution in [0, 0.1) is 12.8 Å². The zero-order valence-electron chi connectivity index (χ0n) is 22.4. The van der Waals surface area contributed by atoms with Gasteiger partial charge >= 0.3 is 5.82 Å². The van der Waals surface area contributed by atoms with E-state index in [1.54, 1.807) is 27.2 Å². The van der Waals surface area contributed by atoms with Crippen molar-refractivity contribution in [3.05, 3.63) is 22.1 Å². The first kappa shape index (κ1) is 31.4. The van der Waals surface area contributed by atoms with Crippen molar-refractivity contribution < 1.29 is 38.4 Å². The van der Waals surface area contributed by atoms with E-state index < -0.39 is 53.1 Å². The van der Waals surface area contributed by atoms with Crippen molar-refractivity contribution in [2.75, 3.05) is 26.5 Å². The van der Waals surface area contributed by atoms with Gasteiger partial charge in [-0.15, -0.1) is 23.4 Å². The van der Waals surface area contributed by atoms with Crippen LogP contribution in [0.4, 0.5) is 0 Å². The second-order valence-electron chi connectivity index (χ2n) is 10.2. The van der Waals surface area contributed by atoms with Crippen molar-refractivity contribution >= 4 is 29.3 Å². The molecule has 218 valence electrons. The SMILES string of the molecule is COCCC[C@H]1CC[C@@H](C(=O)N[C@@H]([C@H]2O[C@H](SC)[C@H](O)[C@@H](O)[C@H]2O)[C@H](C)Cl)N(Cc2oc(=O)oc2C)CC1. The van der Waals surface area contributed by atoms with Crippen LogP contribution in [0.2, 0.25) is 0 Å². The van der Waals surface area contributed by atoms with Gasteiger partial charge in [0.05, 0.1) is 24.0 Å². The molecule has 1 aromatic rings. The predicted molar refractivity (Wildman–Crippen MR) is 142 cm³/mol. The van der Waals surface area contributed by atoms with Crippen LogP contribution in [0.25, 0.3) is 0 Å². The second-order valence-corrected chi connectivity index (χ2v) is 11.8. The summed E-state index contributed by atoms with van der Waals surface area (Å²) in [5, 5.41) is 33.7. The van der Waals surface area contributed by atoms with Crippen LogP contribution in [0.5, 0.6) is 0 Å². The first-order valence-corrected chi connectivity index (χ1v) is 14.8. The van der Waals surface area contributed by atoms with Crippen LogP contribution in [0.15, 0.2) is 13.6 Å². The maximum Gasteiger partial charge on any atom is 0.519 e. The van der Waals surface area contributed by atoms with Gasteiger partial charge in [0.15, 0.2) is 5.76 Å².